The molecule has 0 aliphatic carbocycles. The van der Waals surface area contributed by atoms with Gasteiger partial charge in [0.15, 0.2) is 0 Å². The number of nitrogens with one attached hydrogen (secondary N) is 2. The minimum absolute atomic E-state index is 0.0662. The normalized spacial score (nSPS) is 15.9. The van der Waals surface area contributed by atoms with Gasteiger partial charge in [-0.2, -0.15) is 0 Å². The van der Waals surface area contributed by atoms with Gasteiger partial charge in [-0.25, -0.2) is 4.79 Å². The van der Waals surface area contributed by atoms with Gasteiger partial charge in [0.05, 0.1) is 13.2 Å². The number of ether oxygens (including phenoxy) is 2. The molecule has 2 heterocycles. The van der Waals surface area contributed by atoms with Crippen LogP contribution >= 0.6 is 0 Å². The highest BCUT2D eigenvalue weighted by Gasteiger charge is 2.27. The van der Waals surface area contributed by atoms with Gasteiger partial charge in [0.1, 0.15) is 5.75 Å². The van der Waals surface area contributed by atoms with E-state index in [9.17, 15) is 4.79 Å². The summed E-state index contributed by atoms with van der Waals surface area (Å²) < 4.78 is 10.6. The summed E-state index contributed by atoms with van der Waals surface area (Å²) in [6.07, 6.45) is 5.43. The topological polar surface area (TPSA) is 72.5 Å². The number of carbonyl (C=O) groups excluding carboxylic acids is 1. The van der Waals surface area contributed by atoms with Crippen molar-refractivity contribution in [2.45, 2.75) is 25.4 Å². The number of benzene rings is 1. The number of carbonyl (C=O) groups is 1. The summed E-state index contributed by atoms with van der Waals surface area (Å²) in [6.45, 7) is 1.93. The number of amides is 2. The summed E-state index contributed by atoms with van der Waals surface area (Å²) in [4.78, 5) is 16.7. The molecule has 138 valence electrons. The molecule has 1 aliphatic rings. The van der Waals surface area contributed by atoms with Gasteiger partial charge in [-0.05, 0) is 48.1 Å². The smallest absolute Gasteiger partial charge is 0.315 e. The Morgan fingerprint density at radius 1 is 1.27 bits per heavy atom. The Hall–Kier alpha value is -2.60. The molecule has 0 radical (unpaired) electrons. The second-order valence-electron chi connectivity index (χ2n) is 6.39. The Bertz CT molecular complexity index is 685. The maximum atomic E-state index is 12.5. The largest absolute Gasteiger partial charge is 0.497 e. The Kier molecular flexibility index (Phi) is 6.44. The van der Waals surface area contributed by atoms with Crippen LogP contribution in [0.15, 0.2) is 48.8 Å². The lowest BCUT2D eigenvalue weighted by Gasteiger charge is -2.31. The van der Waals surface area contributed by atoms with E-state index in [1.165, 1.54) is 0 Å². The molecule has 1 aromatic carbocycles. The Balaban J connectivity index is 1.61. The van der Waals surface area contributed by atoms with Crippen molar-refractivity contribution in [3.05, 3.63) is 59.9 Å². The molecule has 6 heteroatoms. The van der Waals surface area contributed by atoms with Crippen LogP contribution in [0.5, 0.6) is 5.75 Å². The van der Waals surface area contributed by atoms with Crippen molar-refractivity contribution in [2.75, 3.05) is 20.3 Å². The number of urea groups is 1. The molecule has 1 aromatic heterocycles. The van der Waals surface area contributed by atoms with Crippen LogP contribution in [0.4, 0.5) is 4.79 Å². The maximum Gasteiger partial charge on any atom is 0.315 e. The van der Waals surface area contributed by atoms with Gasteiger partial charge in [0.2, 0.25) is 0 Å². The Labute approximate surface area is 153 Å². The summed E-state index contributed by atoms with van der Waals surface area (Å²) >= 11 is 0. The third kappa shape index (κ3) is 4.95. The van der Waals surface area contributed by atoms with Gasteiger partial charge < -0.3 is 20.1 Å². The zero-order valence-electron chi connectivity index (χ0n) is 15.0. The number of hydrogen-bond donors (Lipinski definition) is 2. The van der Waals surface area contributed by atoms with Gasteiger partial charge in [-0.1, -0.05) is 18.2 Å². The van der Waals surface area contributed by atoms with Crippen LogP contribution in [0.2, 0.25) is 0 Å². The van der Waals surface area contributed by atoms with Crippen molar-refractivity contribution in [1.82, 2.24) is 15.6 Å². The second kappa shape index (κ2) is 9.20. The first-order valence-electron chi connectivity index (χ1n) is 8.91. The molecule has 26 heavy (non-hydrogen) atoms. The van der Waals surface area contributed by atoms with E-state index in [-0.39, 0.29) is 12.1 Å². The number of aromatic nitrogens is 1. The predicted molar refractivity (Wildman–Crippen MR) is 98.9 cm³/mol. The standard InChI is InChI=1S/C20H25N3O3/c1-25-18-6-4-15(5-7-18)13-22-20(24)23-19(16-8-11-26-12-9-16)17-3-2-10-21-14-17/h2-7,10,14,16,19H,8-9,11-13H2,1H3,(H2,22,23,24). The summed E-state index contributed by atoms with van der Waals surface area (Å²) in [6, 6.07) is 11.3. The van der Waals surface area contributed by atoms with Crippen molar-refractivity contribution < 1.29 is 14.3 Å². The molecule has 1 fully saturated rings. The summed E-state index contributed by atoms with van der Waals surface area (Å²) in [7, 11) is 1.63. The SMILES string of the molecule is COc1ccc(CNC(=O)NC(c2cccnc2)C2CCOCC2)cc1. The molecular formula is C20H25N3O3. The minimum Gasteiger partial charge on any atom is -0.497 e. The van der Waals surface area contributed by atoms with E-state index in [1.807, 2.05) is 42.6 Å². The minimum atomic E-state index is -0.179. The van der Waals surface area contributed by atoms with Gasteiger partial charge >= 0.3 is 6.03 Å². The van der Waals surface area contributed by atoms with Crippen molar-refractivity contribution in [1.29, 1.82) is 0 Å². The Morgan fingerprint density at radius 3 is 2.69 bits per heavy atom. The number of pyridine rings is 1. The quantitative estimate of drug-likeness (QED) is 0.835. The molecule has 1 unspecified atom stereocenters. The maximum absolute atomic E-state index is 12.5. The van der Waals surface area contributed by atoms with E-state index in [4.69, 9.17) is 9.47 Å². The lowest BCUT2D eigenvalue weighted by Crippen LogP contribution is -2.41. The molecule has 0 saturated carbocycles. The van der Waals surface area contributed by atoms with E-state index < -0.39 is 0 Å². The van der Waals surface area contributed by atoms with Crippen LogP contribution in [0, 0.1) is 5.92 Å². The molecule has 0 bridgehead atoms. The highest BCUT2D eigenvalue weighted by molar-refractivity contribution is 5.74. The fourth-order valence-electron chi connectivity index (χ4n) is 3.20. The molecule has 2 aromatic rings. The van der Waals surface area contributed by atoms with Gasteiger partial charge in [0, 0.05) is 32.2 Å². The van der Waals surface area contributed by atoms with E-state index in [0.717, 1.165) is 42.9 Å². The molecule has 6 nitrogen and oxygen atoms in total. The van der Waals surface area contributed by atoms with Crippen molar-refractivity contribution in [2.24, 2.45) is 5.92 Å². The molecule has 2 N–H and O–H groups in total. The van der Waals surface area contributed by atoms with E-state index in [1.54, 1.807) is 13.3 Å². The fraction of sp³-hybridized carbons (Fsp3) is 0.400. The molecule has 1 atom stereocenters. The third-order valence-corrected chi connectivity index (χ3v) is 4.68. The lowest BCUT2D eigenvalue weighted by molar-refractivity contribution is 0.0547. The molecule has 2 amide bonds. The van der Waals surface area contributed by atoms with Crippen LogP contribution in [-0.2, 0) is 11.3 Å². The zero-order valence-corrected chi connectivity index (χ0v) is 15.0. The zero-order chi connectivity index (χ0) is 18.2. The number of nitrogens with zero attached hydrogens (tertiary/aromatic N) is 1. The predicted octanol–water partition coefficient (Wildman–Crippen LogP) is 3.06. The number of rotatable bonds is 6. The molecule has 3 rings (SSSR count). The van der Waals surface area contributed by atoms with Gasteiger partial charge in [0.25, 0.3) is 0 Å². The van der Waals surface area contributed by atoms with Crippen LogP contribution in [0.3, 0.4) is 0 Å². The van der Waals surface area contributed by atoms with E-state index in [0.29, 0.717) is 12.5 Å². The fourth-order valence-corrected chi connectivity index (χ4v) is 3.20. The number of hydrogen-bond acceptors (Lipinski definition) is 4. The summed E-state index contributed by atoms with van der Waals surface area (Å²) in [5, 5.41) is 6.06. The Morgan fingerprint density at radius 2 is 2.04 bits per heavy atom. The molecule has 0 spiro atoms. The highest BCUT2D eigenvalue weighted by Crippen LogP contribution is 2.29. The lowest BCUT2D eigenvalue weighted by atomic mass is 9.88. The first kappa shape index (κ1) is 18.2. The van der Waals surface area contributed by atoms with Crippen LogP contribution in [0.25, 0.3) is 0 Å². The summed E-state index contributed by atoms with van der Waals surface area (Å²) in [5.41, 5.74) is 2.05. The van der Waals surface area contributed by atoms with Crippen LogP contribution in [0.1, 0.15) is 30.0 Å². The molecular weight excluding hydrogens is 330 g/mol. The van der Waals surface area contributed by atoms with E-state index >= 15 is 0 Å². The van der Waals surface area contributed by atoms with Crippen LogP contribution < -0.4 is 15.4 Å². The van der Waals surface area contributed by atoms with Gasteiger partial charge in [-0.3, -0.25) is 4.98 Å². The summed E-state index contributed by atoms with van der Waals surface area (Å²) in [5.74, 6) is 1.15. The first-order valence-corrected chi connectivity index (χ1v) is 8.91. The monoisotopic (exact) mass is 355 g/mol. The van der Waals surface area contributed by atoms with Crippen LogP contribution in [-0.4, -0.2) is 31.3 Å². The average molecular weight is 355 g/mol. The van der Waals surface area contributed by atoms with Crippen molar-refractivity contribution in [3.8, 4) is 5.75 Å². The number of methoxy groups -OCH3 is 1. The van der Waals surface area contributed by atoms with Gasteiger partial charge in [-0.15, -0.1) is 0 Å². The van der Waals surface area contributed by atoms with Crippen molar-refractivity contribution in [3.63, 3.8) is 0 Å². The highest BCUT2D eigenvalue weighted by atomic mass is 16.5. The van der Waals surface area contributed by atoms with E-state index in [2.05, 4.69) is 15.6 Å². The third-order valence-electron chi connectivity index (χ3n) is 4.68. The molecule has 1 aliphatic heterocycles. The molecule has 1 saturated heterocycles. The second-order valence-corrected chi connectivity index (χ2v) is 6.39. The average Bonchev–Trinajstić information content (AvgIpc) is 2.72. The van der Waals surface area contributed by atoms with Crippen molar-refractivity contribution >= 4 is 6.03 Å². The first-order chi connectivity index (χ1) is 12.8.